The van der Waals surface area contributed by atoms with Gasteiger partial charge in [-0.3, -0.25) is 19.7 Å². The van der Waals surface area contributed by atoms with Crippen molar-refractivity contribution in [2.24, 2.45) is 0 Å². The van der Waals surface area contributed by atoms with Gasteiger partial charge in [-0.05, 0) is 12.1 Å². The van der Waals surface area contributed by atoms with Crippen LogP contribution in [0, 0.1) is 10.1 Å². The largest absolute Gasteiger partial charge is 0.480 e. The molecule has 10 heteroatoms. The highest BCUT2D eigenvalue weighted by Crippen LogP contribution is 2.27. The third-order valence-electron chi connectivity index (χ3n) is 2.62. The molecule has 1 unspecified atom stereocenters. The van der Waals surface area contributed by atoms with E-state index in [9.17, 15) is 19.7 Å². The Bertz CT molecular complexity index is 580. The van der Waals surface area contributed by atoms with Crippen molar-refractivity contribution in [3.8, 4) is 0 Å². The van der Waals surface area contributed by atoms with Crippen LogP contribution in [-0.4, -0.2) is 46.2 Å². The first-order chi connectivity index (χ1) is 10.3. The SMILES string of the molecule is O=C(CC(NCCO)C(=O)O)Nc1ccc(Cl)c([N+](=O)[O-])c1. The Labute approximate surface area is 130 Å². The highest BCUT2D eigenvalue weighted by Gasteiger charge is 2.21. The van der Waals surface area contributed by atoms with Crippen molar-refractivity contribution in [3.05, 3.63) is 33.3 Å². The third kappa shape index (κ3) is 5.28. The minimum absolute atomic E-state index is 0.0245. The minimum atomic E-state index is -1.24. The highest BCUT2D eigenvalue weighted by atomic mass is 35.5. The van der Waals surface area contributed by atoms with Crippen molar-refractivity contribution in [1.29, 1.82) is 0 Å². The van der Waals surface area contributed by atoms with Gasteiger partial charge in [-0.1, -0.05) is 11.6 Å². The molecule has 0 aliphatic rings. The molecule has 1 aromatic carbocycles. The molecular formula is C12H14ClN3O6. The molecule has 0 saturated carbocycles. The normalized spacial score (nSPS) is 11.7. The number of aliphatic hydroxyl groups excluding tert-OH is 1. The van der Waals surface area contributed by atoms with E-state index in [0.29, 0.717) is 0 Å². The smallest absolute Gasteiger partial charge is 0.321 e. The molecule has 1 atom stereocenters. The Morgan fingerprint density at radius 1 is 1.41 bits per heavy atom. The lowest BCUT2D eigenvalue weighted by Gasteiger charge is -2.13. The zero-order valence-electron chi connectivity index (χ0n) is 11.3. The van der Waals surface area contributed by atoms with Gasteiger partial charge in [0.15, 0.2) is 0 Å². The van der Waals surface area contributed by atoms with Crippen LogP contribution in [-0.2, 0) is 9.59 Å². The summed E-state index contributed by atoms with van der Waals surface area (Å²) in [4.78, 5) is 32.8. The van der Waals surface area contributed by atoms with Gasteiger partial charge >= 0.3 is 5.97 Å². The zero-order chi connectivity index (χ0) is 16.7. The van der Waals surface area contributed by atoms with Crippen LogP contribution in [0.1, 0.15) is 6.42 Å². The number of hydrogen-bond donors (Lipinski definition) is 4. The number of carboxylic acids is 1. The number of nitro benzene ring substituents is 1. The quantitative estimate of drug-likeness (QED) is 0.404. The number of aliphatic hydroxyl groups is 1. The van der Waals surface area contributed by atoms with E-state index in [2.05, 4.69) is 10.6 Å². The molecule has 9 nitrogen and oxygen atoms in total. The number of rotatable bonds is 8. The number of nitro groups is 1. The van der Waals surface area contributed by atoms with E-state index in [1.165, 1.54) is 12.1 Å². The summed E-state index contributed by atoms with van der Waals surface area (Å²) in [6, 6.07) is 2.53. The highest BCUT2D eigenvalue weighted by molar-refractivity contribution is 6.32. The lowest BCUT2D eigenvalue weighted by molar-refractivity contribution is -0.384. The molecule has 22 heavy (non-hydrogen) atoms. The average Bonchev–Trinajstić information content (AvgIpc) is 2.44. The summed E-state index contributed by atoms with van der Waals surface area (Å²) < 4.78 is 0. The molecule has 0 aromatic heterocycles. The molecule has 0 spiro atoms. The number of carboxylic acid groups (broad SMARTS) is 1. The Kier molecular flexibility index (Phi) is 6.70. The van der Waals surface area contributed by atoms with E-state index in [1.807, 2.05) is 0 Å². The predicted octanol–water partition coefficient (Wildman–Crippen LogP) is 0.612. The van der Waals surface area contributed by atoms with Crippen molar-refractivity contribution in [2.45, 2.75) is 12.5 Å². The number of halogens is 1. The molecule has 0 heterocycles. The first-order valence-corrected chi connectivity index (χ1v) is 6.53. The molecule has 0 radical (unpaired) electrons. The first-order valence-electron chi connectivity index (χ1n) is 6.16. The lowest BCUT2D eigenvalue weighted by Crippen LogP contribution is -2.41. The molecule has 1 amide bonds. The Morgan fingerprint density at radius 2 is 2.09 bits per heavy atom. The second-order valence-electron chi connectivity index (χ2n) is 4.24. The third-order valence-corrected chi connectivity index (χ3v) is 2.94. The van der Waals surface area contributed by atoms with Gasteiger partial charge in [-0.2, -0.15) is 0 Å². The molecule has 120 valence electrons. The van der Waals surface area contributed by atoms with Crippen molar-refractivity contribution in [1.82, 2.24) is 5.32 Å². The van der Waals surface area contributed by atoms with Crippen molar-refractivity contribution in [2.75, 3.05) is 18.5 Å². The van der Waals surface area contributed by atoms with E-state index in [-0.39, 0.29) is 29.5 Å². The number of carbonyl (C=O) groups is 2. The Hall–Kier alpha value is -2.23. The van der Waals surface area contributed by atoms with E-state index in [1.54, 1.807) is 0 Å². The molecule has 0 fully saturated rings. The number of carbonyl (C=O) groups excluding carboxylic acids is 1. The monoisotopic (exact) mass is 331 g/mol. The van der Waals surface area contributed by atoms with Crippen LogP contribution < -0.4 is 10.6 Å². The topological polar surface area (TPSA) is 142 Å². The van der Waals surface area contributed by atoms with Crippen molar-refractivity contribution in [3.63, 3.8) is 0 Å². The Balaban J connectivity index is 2.73. The molecular weight excluding hydrogens is 318 g/mol. The summed E-state index contributed by atoms with van der Waals surface area (Å²) >= 11 is 5.65. The molecule has 0 saturated heterocycles. The summed E-state index contributed by atoms with van der Waals surface area (Å²) in [5.41, 5.74) is -0.236. The maximum atomic E-state index is 11.8. The summed E-state index contributed by atoms with van der Waals surface area (Å²) in [5.74, 6) is -1.89. The number of nitrogens with one attached hydrogen (secondary N) is 2. The maximum absolute atomic E-state index is 11.8. The molecule has 0 aliphatic carbocycles. The van der Waals surface area contributed by atoms with Crippen LogP contribution in [0.2, 0.25) is 5.02 Å². The number of anilines is 1. The number of amides is 1. The fourth-order valence-corrected chi connectivity index (χ4v) is 1.80. The van der Waals surface area contributed by atoms with Gasteiger partial charge in [-0.15, -0.1) is 0 Å². The fourth-order valence-electron chi connectivity index (χ4n) is 1.61. The van der Waals surface area contributed by atoms with Crippen LogP contribution in [0.25, 0.3) is 0 Å². The minimum Gasteiger partial charge on any atom is -0.480 e. The molecule has 0 aliphatic heterocycles. The molecule has 1 rings (SSSR count). The van der Waals surface area contributed by atoms with Crippen molar-refractivity contribution < 1.29 is 24.7 Å². The zero-order valence-corrected chi connectivity index (χ0v) is 12.0. The number of nitrogens with zero attached hydrogens (tertiary/aromatic N) is 1. The van der Waals surface area contributed by atoms with Crippen LogP contribution in [0.3, 0.4) is 0 Å². The van der Waals surface area contributed by atoms with Crippen molar-refractivity contribution >= 4 is 34.9 Å². The average molecular weight is 332 g/mol. The van der Waals surface area contributed by atoms with Crippen LogP contribution >= 0.6 is 11.6 Å². The van der Waals surface area contributed by atoms with Crippen LogP contribution in [0.15, 0.2) is 18.2 Å². The van der Waals surface area contributed by atoms with Gasteiger partial charge in [0, 0.05) is 18.3 Å². The van der Waals surface area contributed by atoms with Gasteiger partial charge in [-0.25, -0.2) is 0 Å². The molecule has 0 bridgehead atoms. The lowest BCUT2D eigenvalue weighted by atomic mass is 10.2. The number of hydrogen-bond acceptors (Lipinski definition) is 6. The fraction of sp³-hybridized carbons (Fsp3) is 0.333. The van der Waals surface area contributed by atoms with E-state index in [4.69, 9.17) is 21.8 Å². The molecule has 1 aromatic rings. The maximum Gasteiger partial charge on any atom is 0.321 e. The summed E-state index contributed by atoms with van der Waals surface area (Å²) in [6.45, 7) is -0.245. The summed E-state index contributed by atoms with van der Waals surface area (Å²) in [6.07, 6.45) is -0.397. The number of benzene rings is 1. The molecule has 4 N–H and O–H groups in total. The van der Waals surface area contributed by atoms with Crippen LogP contribution in [0.5, 0.6) is 0 Å². The standard InChI is InChI=1S/C12H14ClN3O6/c13-8-2-1-7(5-10(8)16(21)22)15-11(18)6-9(12(19)20)14-3-4-17/h1-2,5,9,14,17H,3-4,6H2,(H,15,18)(H,19,20). The van der Waals surface area contributed by atoms with Crippen LogP contribution in [0.4, 0.5) is 11.4 Å². The van der Waals surface area contributed by atoms with Gasteiger partial charge in [0.2, 0.25) is 5.91 Å². The van der Waals surface area contributed by atoms with Gasteiger partial charge in [0.05, 0.1) is 18.0 Å². The first kappa shape index (κ1) is 17.8. The second kappa shape index (κ2) is 8.27. The summed E-state index contributed by atoms with van der Waals surface area (Å²) in [7, 11) is 0. The predicted molar refractivity (Wildman–Crippen MR) is 77.9 cm³/mol. The van der Waals surface area contributed by atoms with E-state index < -0.39 is 29.3 Å². The van der Waals surface area contributed by atoms with E-state index >= 15 is 0 Å². The van der Waals surface area contributed by atoms with E-state index in [0.717, 1.165) is 6.07 Å². The van der Waals surface area contributed by atoms with Gasteiger partial charge in [0.1, 0.15) is 11.1 Å². The Morgan fingerprint density at radius 3 is 2.64 bits per heavy atom. The van der Waals surface area contributed by atoms with Gasteiger partial charge < -0.3 is 20.8 Å². The summed E-state index contributed by atoms with van der Waals surface area (Å²) in [5, 5.41) is 33.1. The number of aliphatic carboxylic acids is 1. The second-order valence-corrected chi connectivity index (χ2v) is 4.65. The van der Waals surface area contributed by atoms with Gasteiger partial charge in [0.25, 0.3) is 5.69 Å².